The van der Waals surface area contributed by atoms with Crippen molar-refractivity contribution in [2.75, 3.05) is 19.9 Å². The Hall–Kier alpha value is -2.05. The zero-order valence-corrected chi connectivity index (χ0v) is 15.2. The van der Waals surface area contributed by atoms with E-state index < -0.39 is 5.97 Å². The SMILES string of the molecule is CSc1ccc(CN(C)C(=O)COC(=O)/C=C/c2cccs2)cc1. The van der Waals surface area contributed by atoms with Crippen LogP contribution in [0.2, 0.25) is 0 Å². The molecule has 1 aromatic heterocycles. The number of thioether (sulfide) groups is 1. The third kappa shape index (κ3) is 5.86. The van der Waals surface area contributed by atoms with E-state index in [1.165, 1.54) is 22.3 Å². The fraction of sp³-hybridized carbons (Fsp3) is 0.222. The van der Waals surface area contributed by atoms with E-state index in [0.717, 1.165) is 10.4 Å². The molecule has 24 heavy (non-hydrogen) atoms. The lowest BCUT2D eigenvalue weighted by atomic mass is 10.2. The minimum Gasteiger partial charge on any atom is -0.452 e. The van der Waals surface area contributed by atoms with Gasteiger partial charge in [-0.15, -0.1) is 23.1 Å². The third-order valence-electron chi connectivity index (χ3n) is 3.27. The number of carbonyl (C=O) groups excluding carboxylic acids is 2. The van der Waals surface area contributed by atoms with Crippen molar-refractivity contribution >= 4 is 41.1 Å². The summed E-state index contributed by atoms with van der Waals surface area (Å²) in [7, 11) is 1.69. The van der Waals surface area contributed by atoms with Crippen molar-refractivity contribution in [3.63, 3.8) is 0 Å². The lowest BCUT2D eigenvalue weighted by Crippen LogP contribution is -2.30. The van der Waals surface area contributed by atoms with Crippen molar-refractivity contribution in [1.82, 2.24) is 4.90 Å². The first-order valence-corrected chi connectivity index (χ1v) is 9.44. The van der Waals surface area contributed by atoms with Gasteiger partial charge in [0, 0.05) is 29.4 Å². The Morgan fingerprint density at radius 3 is 2.62 bits per heavy atom. The van der Waals surface area contributed by atoms with E-state index in [-0.39, 0.29) is 12.5 Å². The molecule has 2 aromatic rings. The summed E-state index contributed by atoms with van der Waals surface area (Å²) in [5.41, 5.74) is 1.03. The fourth-order valence-electron chi connectivity index (χ4n) is 1.92. The second kappa shape index (κ2) is 9.30. The summed E-state index contributed by atoms with van der Waals surface area (Å²) in [5.74, 6) is -0.753. The molecular weight excluding hydrogens is 342 g/mol. The van der Waals surface area contributed by atoms with Crippen molar-refractivity contribution in [3.05, 3.63) is 58.3 Å². The minimum absolute atomic E-state index is 0.234. The summed E-state index contributed by atoms with van der Waals surface area (Å²) in [6.07, 6.45) is 5.03. The van der Waals surface area contributed by atoms with Gasteiger partial charge in [-0.25, -0.2) is 4.79 Å². The maximum absolute atomic E-state index is 12.0. The largest absolute Gasteiger partial charge is 0.452 e. The number of esters is 1. The van der Waals surface area contributed by atoms with Crippen LogP contribution in [-0.2, 0) is 20.9 Å². The summed E-state index contributed by atoms with van der Waals surface area (Å²) < 4.78 is 4.98. The first-order valence-electron chi connectivity index (χ1n) is 7.33. The highest BCUT2D eigenvalue weighted by atomic mass is 32.2. The molecule has 6 heteroatoms. The summed E-state index contributed by atoms with van der Waals surface area (Å²) in [6, 6.07) is 11.8. The predicted molar refractivity (Wildman–Crippen MR) is 99.0 cm³/mol. The highest BCUT2D eigenvalue weighted by molar-refractivity contribution is 7.98. The molecule has 1 heterocycles. The van der Waals surface area contributed by atoms with E-state index in [1.807, 2.05) is 48.0 Å². The zero-order chi connectivity index (χ0) is 17.4. The maximum atomic E-state index is 12.0. The highest BCUT2D eigenvalue weighted by Crippen LogP contribution is 2.15. The number of likely N-dealkylation sites (N-methyl/N-ethyl adjacent to an activating group) is 1. The molecule has 126 valence electrons. The number of amides is 1. The van der Waals surface area contributed by atoms with Crippen LogP contribution in [0, 0.1) is 0 Å². The van der Waals surface area contributed by atoms with Crippen molar-refractivity contribution in [2.24, 2.45) is 0 Å². The molecule has 0 bridgehead atoms. The van der Waals surface area contributed by atoms with Gasteiger partial charge in [0.05, 0.1) is 0 Å². The number of nitrogens with zero attached hydrogens (tertiary/aromatic N) is 1. The van der Waals surface area contributed by atoms with Gasteiger partial charge >= 0.3 is 5.97 Å². The van der Waals surface area contributed by atoms with E-state index in [2.05, 4.69) is 0 Å². The van der Waals surface area contributed by atoms with Gasteiger partial charge in [0.2, 0.25) is 0 Å². The Bertz CT molecular complexity index is 694. The van der Waals surface area contributed by atoms with Gasteiger partial charge < -0.3 is 9.64 Å². The van der Waals surface area contributed by atoms with Crippen molar-refractivity contribution in [3.8, 4) is 0 Å². The Labute approximate surface area is 150 Å². The standard InChI is InChI=1S/C18H19NO3S2/c1-19(12-14-5-7-15(23-2)8-6-14)17(20)13-22-18(21)10-9-16-4-3-11-24-16/h3-11H,12-13H2,1-2H3/b10-9+. The zero-order valence-electron chi connectivity index (χ0n) is 13.6. The molecular formula is C18H19NO3S2. The smallest absolute Gasteiger partial charge is 0.331 e. The maximum Gasteiger partial charge on any atom is 0.331 e. The van der Waals surface area contributed by atoms with E-state index in [9.17, 15) is 9.59 Å². The van der Waals surface area contributed by atoms with Crippen molar-refractivity contribution < 1.29 is 14.3 Å². The van der Waals surface area contributed by atoms with Gasteiger partial charge in [0.25, 0.3) is 5.91 Å². The molecule has 0 N–H and O–H groups in total. The van der Waals surface area contributed by atoms with Gasteiger partial charge in [-0.2, -0.15) is 0 Å². The molecule has 0 aliphatic rings. The summed E-state index contributed by atoms with van der Waals surface area (Å²) >= 11 is 3.20. The minimum atomic E-state index is -0.519. The third-order valence-corrected chi connectivity index (χ3v) is 4.85. The van der Waals surface area contributed by atoms with Gasteiger partial charge in [0.1, 0.15) is 0 Å². The average Bonchev–Trinajstić information content (AvgIpc) is 3.12. The Balaban J connectivity index is 1.77. The molecule has 0 saturated heterocycles. The second-order valence-electron chi connectivity index (χ2n) is 5.05. The number of carbonyl (C=O) groups is 2. The molecule has 0 spiro atoms. The summed E-state index contributed by atoms with van der Waals surface area (Å²) in [5, 5.41) is 1.93. The van der Waals surface area contributed by atoms with E-state index in [0.29, 0.717) is 6.54 Å². The molecule has 0 fully saturated rings. The molecule has 4 nitrogen and oxygen atoms in total. The van der Waals surface area contributed by atoms with E-state index in [4.69, 9.17) is 4.74 Å². The first-order chi connectivity index (χ1) is 11.6. The molecule has 0 saturated carbocycles. The number of ether oxygens (including phenoxy) is 1. The van der Waals surface area contributed by atoms with E-state index >= 15 is 0 Å². The van der Waals surface area contributed by atoms with Crippen LogP contribution in [0.4, 0.5) is 0 Å². The van der Waals surface area contributed by atoms with Crippen molar-refractivity contribution in [2.45, 2.75) is 11.4 Å². The predicted octanol–water partition coefficient (Wildman–Crippen LogP) is 3.69. The van der Waals surface area contributed by atoms with Crippen molar-refractivity contribution in [1.29, 1.82) is 0 Å². The summed E-state index contributed by atoms with van der Waals surface area (Å²) in [6.45, 7) is 0.225. The monoisotopic (exact) mass is 361 g/mol. The molecule has 1 amide bonds. The lowest BCUT2D eigenvalue weighted by molar-refractivity contribution is -0.147. The number of rotatable bonds is 7. The number of thiophene rings is 1. The molecule has 0 aliphatic carbocycles. The molecule has 0 unspecified atom stereocenters. The van der Waals surface area contributed by atoms with Crippen LogP contribution in [0.25, 0.3) is 6.08 Å². The summed E-state index contributed by atoms with van der Waals surface area (Å²) in [4.78, 5) is 27.3. The second-order valence-corrected chi connectivity index (χ2v) is 6.91. The Morgan fingerprint density at radius 1 is 1.25 bits per heavy atom. The average molecular weight is 361 g/mol. The van der Waals surface area contributed by atoms with Gasteiger partial charge in [0.15, 0.2) is 6.61 Å². The molecule has 0 radical (unpaired) electrons. The van der Waals surface area contributed by atoms with Crippen LogP contribution < -0.4 is 0 Å². The molecule has 0 aliphatic heterocycles. The van der Waals surface area contributed by atoms with Crippen LogP contribution in [0.15, 0.2) is 52.7 Å². The highest BCUT2D eigenvalue weighted by Gasteiger charge is 2.11. The lowest BCUT2D eigenvalue weighted by Gasteiger charge is -2.17. The normalized spacial score (nSPS) is 10.8. The van der Waals surface area contributed by atoms with Gasteiger partial charge in [-0.05, 0) is 41.5 Å². The van der Waals surface area contributed by atoms with Crippen LogP contribution in [-0.4, -0.2) is 36.7 Å². The number of hydrogen-bond donors (Lipinski definition) is 0. The van der Waals surface area contributed by atoms with Crippen LogP contribution in [0.5, 0.6) is 0 Å². The van der Waals surface area contributed by atoms with Gasteiger partial charge in [-0.3, -0.25) is 4.79 Å². The molecule has 2 rings (SSSR count). The van der Waals surface area contributed by atoms with Crippen LogP contribution in [0.1, 0.15) is 10.4 Å². The number of benzene rings is 1. The van der Waals surface area contributed by atoms with Gasteiger partial charge in [-0.1, -0.05) is 18.2 Å². The quantitative estimate of drug-likeness (QED) is 0.429. The molecule has 0 atom stereocenters. The topological polar surface area (TPSA) is 46.6 Å². The van der Waals surface area contributed by atoms with Crippen LogP contribution in [0.3, 0.4) is 0 Å². The van der Waals surface area contributed by atoms with E-state index in [1.54, 1.807) is 29.8 Å². The fourth-order valence-corrected chi connectivity index (χ4v) is 2.95. The van der Waals surface area contributed by atoms with Crippen LogP contribution >= 0.6 is 23.1 Å². The Morgan fingerprint density at radius 2 is 2.00 bits per heavy atom. The Kier molecular flexibility index (Phi) is 7.08. The first kappa shape index (κ1) is 18.3. The number of hydrogen-bond acceptors (Lipinski definition) is 5. The molecule has 1 aromatic carbocycles.